The van der Waals surface area contributed by atoms with Crippen LogP contribution < -0.4 is 5.32 Å². The highest BCUT2D eigenvalue weighted by atomic mass is 79.9. The molecule has 0 atom stereocenters. The number of nitrogens with zero attached hydrogens (tertiary/aromatic N) is 1. The van der Waals surface area contributed by atoms with Crippen molar-refractivity contribution in [2.24, 2.45) is 0 Å². The van der Waals surface area contributed by atoms with Gasteiger partial charge in [-0.2, -0.15) is 0 Å². The average Bonchev–Trinajstić information content (AvgIpc) is 2.32. The zero-order chi connectivity index (χ0) is 14.9. The van der Waals surface area contributed by atoms with Gasteiger partial charge in [-0.1, -0.05) is 15.9 Å². The van der Waals surface area contributed by atoms with E-state index in [2.05, 4.69) is 26.2 Å². The van der Waals surface area contributed by atoms with Gasteiger partial charge in [0, 0.05) is 10.2 Å². The molecule has 1 aromatic heterocycles. The third kappa shape index (κ3) is 2.96. The number of rotatable bonds is 3. The number of carboxylic acid groups (broad SMARTS) is 1. The van der Waals surface area contributed by atoms with Crippen molar-refractivity contribution in [1.29, 1.82) is 0 Å². The zero-order valence-electron chi connectivity index (χ0n) is 10.9. The molecule has 0 aliphatic heterocycles. The molecule has 0 amide bonds. The second-order valence-electron chi connectivity index (χ2n) is 4.36. The summed E-state index contributed by atoms with van der Waals surface area (Å²) in [6, 6.07) is 6.05. The number of carboxylic acids is 1. The molecule has 6 heteroatoms. The minimum absolute atomic E-state index is 0.0370. The molecule has 2 rings (SSSR count). The van der Waals surface area contributed by atoms with Crippen LogP contribution in [-0.4, -0.2) is 16.1 Å². The van der Waals surface area contributed by atoms with E-state index in [0.29, 0.717) is 15.7 Å². The number of carbonyl (C=O) groups is 1. The number of aromatic nitrogens is 1. The van der Waals surface area contributed by atoms with Crippen molar-refractivity contribution in [3.8, 4) is 0 Å². The molecule has 2 aromatic rings. The number of benzene rings is 1. The Morgan fingerprint density at radius 3 is 2.70 bits per heavy atom. The van der Waals surface area contributed by atoms with Gasteiger partial charge in [-0.3, -0.25) is 0 Å². The van der Waals surface area contributed by atoms with Crippen molar-refractivity contribution in [1.82, 2.24) is 4.98 Å². The highest BCUT2D eigenvalue weighted by Crippen LogP contribution is 2.26. The third-order valence-corrected chi connectivity index (χ3v) is 3.23. The van der Waals surface area contributed by atoms with Gasteiger partial charge in [0.1, 0.15) is 17.2 Å². The van der Waals surface area contributed by atoms with Gasteiger partial charge in [-0.05, 0) is 43.7 Å². The Morgan fingerprint density at radius 1 is 1.35 bits per heavy atom. The quantitative estimate of drug-likeness (QED) is 0.886. The van der Waals surface area contributed by atoms with Crippen LogP contribution in [0.3, 0.4) is 0 Å². The van der Waals surface area contributed by atoms with Crippen molar-refractivity contribution < 1.29 is 14.3 Å². The molecular weight excluding hydrogens is 327 g/mol. The molecule has 0 fully saturated rings. The SMILES string of the molecule is Cc1cc(C)c(C(=O)O)c(Nc2cc(Br)ccc2F)n1. The van der Waals surface area contributed by atoms with Crippen molar-refractivity contribution in [3.05, 3.63) is 51.4 Å². The van der Waals surface area contributed by atoms with E-state index < -0.39 is 11.8 Å². The normalized spacial score (nSPS) is 10.4. The fourth-order valence-corrected chi connectivity index (χ4v) is 2.28. The van der Waals surface area contributed by atoms with Gasteiger partial charge in [-0.15, -0.1) is 0 Å². The summed E-state index contributed by atoms with van der Waals surface area (Å²) in [6.45, 7) is 3.43. The first-order valence-electron chi connectivity index (χ1n) is 5.82. The monoisotopic (exact) mass is 338 g/mol. The zero-order valence-corrected chi connectivity index (χ0v) is 12.5. The molecule has 104 valence electrons. The molecule has 0 aliphatic rings. The van der Waals surface area contributed by atoms with Crippen molar-refractivity contribution in [2.45, 2.75) is 13.8 Å². The van der Waals surface area contributed by atoms with Crippen LogP contribution >= 0.6 is 15.9 Å². The van der Waals surface area contributed by atoms with Gasteiger partial charge in [-0.25, -0.2) is 14.2 Å². The maximum atomic E-state index is 13.7. The maximum Gasteiger partial charge on any atom is 0.339 e. The molecule has 0 bridgehead atoms. The van der Waals surface area contributed by atoms with E-state index in [4.69, 9.17) is 0 Å². The Hall–Kier alpha value is -1.95. The number of hydrogen-bond donors (Lipinski definition) is 2. The van der Waals surface area contributed by atoms with Crippen LogP contribution in [0.4, 0.5) is 15.9 Å². The highest BCUT2D eigenvalue weighted by Gasteiger charge is 2.17. The Balaban J connectivity index is 2.53. The number of aromatic carboxylic acids is 1. The fourth-order valence-electron chi connectivity index (χ4n) is 1.92. The minimum atomic E-state index is -1.10. The molecule has 0 unspecified atom stereocenters. The number of halogens is 2. The largest absolute Gasteiger partial charge is 0.478 e. The molecule has 0 aliphatic carbocycles. The standard InChI is InChI=1S/C14H12BrFN2O2/c1-7-5-8(2)17-13(12(7)14(19)20)18-11-6-9(15)3-4-10(11)16/h3-6H,1-2H3,(H,17,18)(H,19,20). The van der Waals surface area contributed by atoms with E-state index >= 15 is 0 Å². The Bertz CT molecular complexity index is 689. The summed E-state index contributed by atoms with van der Waals surface area (Å²) in [7, 11) is 0. The van der Waals surface area contributed by atoms with Gasteiger partial charge in [0.25, 0.3) is 0 Å². The van der Waals surface area contributed by atoms with Crippen LogP contribution in [0.5, 0.6) is 0 Å². The second-order valence-corrected chi connectivity index (χ2v) is 5.27. The van der Waals surface area contributed by atoms with Crippen LogP contribution in [0.15, 0.2) is 28.7 Å². The predicted molar refractivity (Wildman–Crippen MR) is 78.1 cm³/mol. The number of nitrogens with one attached hydrogen (secondary N) is 1. The molecule has 0 spiro atoms. The summed E-state index contributed by atoms with van der Waals surface area (Å²) in [4.78, 5) is 15.5. The number of pyridine rings is 1. The summed E-state index contributed by atoms with van der Waals surface area (Å²) < 4.78 is 14.4. The summed E-state index contributed by atoms with van der Waals surface area (Å²) in [5.41, 5.74) is 1.43. The first-order chi connectivity index (χ1) is 9.38. The summed E-state index contributed by atoms with van der Waals surface area (Å²) >= 11 is 3.24. The van der Waals surface area contributed by atoms with Crippen LogP contribution in [0.2, 0.25) is 0 Å². The van der Waals surface area contributed by atoms with Gasteiger partial charge < -0.3 is 10.4 Å². The summed E-state index contributed by atoms with van der Waals surface area (Å²) in [5.74, 6) is -1.45. The van der Waals surface area contributed by atoms with Gasteiger partial charge in [0.15, 0.2) is 0 Å². The molecule has 0 saturated heterocycles. The van der Waals surface area contributed by atoms with Gasteiger partial charge in [0.2, 0.25) is 0 Å². The van der Waals surface area contributed by atoms with E-state index in [0.717, 1.165) is 0 Å². The van der Waals surface area contributed by atoms with E-state index in [1.54, 1.807) is 26.0 Å². The first kappa shape index (κ1) is 14.5. The molecule has 20 heavy (non-hydrogen) atoms. The van der Waals surface area contributed by atoms with Crippen LogP contribution in [0.25, 0.3) is 0 Å². The van der Waals surface area contributed by atoms with E-state index in [1.165, 1.54) is 12.1 Å². The van der Waals surface area contributed by atoms with Crippen molar-refractivity contribution >= 4 is 33.4 Å². The smallest absolute Gasteiger partial charge is 0.339 e. The minimum Gasteiger partial charge on any atom is -0.478 e. The van der Waals surface area contributed by atoms with Crippen molar-refractivity contribution in [3.63, 3.8) is 0 Å². The van der Waals surface area contributed by atoms with Gasteiger partial charge >= 0.3 is 5.97 Å². The number of anilines is 2. The lowest BCUT2D eigenvalue weighted by Gasteiger charge is -2.12. The third-order valence-electron chi connectivity index (χ3n) is 2.74. The van der Waals surface area contributed by atoms with Gasteiger partial charge in [0.05, 0.1) is 5.69 Å². The maximum absolute atomic E-state index is 13.7. The van der Waals surface area contributed by atoms with E-state index in [1.807, 2.05) is 0 Å². The number of hydrogen-bond acceptors (Lipinski definition) is 3. The molecular formula is C14H12BrFN2O2. The Labute approximate surface area is 123 Å². The predicted octanol–water partition coefficient (Wildman–Crippen LogP) is 4.04. The topological polar surface area (TPSA) is 62.2 Å². The van der Waals surface area contributed by atoms with E-state index in [9.17, 15) is 14.3 Å². The first-order valence-corrected chi connectivity index (χ1v) is 6.61. The molecule has 4 nitrogen and oxygen atoms in total. The summed E-state index contributed by atoms with van der Waals surface area (Å²) in [6.07, 6.45) is 0. The fraction of sp³-hybridized carbons (Fsp3) is 0.143. The summed E-state index contributed by atoms with van der Waals surface area (Å²) in [5, 5.41) is 12.0. The molecule has 0 radical (unpaired) electrons. The lowest BCUT2D eigenvalue weighted by Crippen LogP contribution is -2.09. The van der Waals surface area contributed by atoms with Crippen LogP contribution in [0.1, 0.15) is 21.6 Å². The molecule has 2 N–H and O–H groups in total. The highest BCUT2D eigenvalue weighted by molar-refractivity contribution is 9.10. The molecule has 0 saturated carbocycles. The lowest BCUT2D eigenvalue weighted by atomic mass is 10.1. The second kappa shape index (κ2) is 5.58. The van der Waals surface area contributed by atoms with E-state index in [-0.39, 0.29) is 17.1 Å². The van der Waals surface area contributed by atoms with Crippen LogP contribution in [-0.2, 0) is 0 Å². The average molecular weight is 339 g/mol. The van der Waals surface area contributed by atoms with Crippen molar-refractivity contribution in [2.75, 3.05) is 5.32 Å². The lowest BCUT2D eigenvalue weighted by molar-refractivity contribution is 0.0697. The molecule has 1 aromatic carbocycles. The molecule has 1 heterocycles. The van der Waals surface area contributed by atoms with Crippen LogP contribution in [0, 0.1) is 19.7 Å². The Kier molecular flexibility index (Phi) is 4.04. The number of aryl methyl sites for hydroxylation is 2. The Morgan fingerprint density at radius 2 is 2.05 bits per heavy atom.